The quantitative estimate of drug-likeness (QED) is 0.773. The molecule has 1 fully saturated rings. The van der Waals surface area contributed by atoms with Gasteiger partial charge in [0.05, 0.1) is 18.9 Å². The van der Waals surface area contributed by atoms with Crippen LogP contribution in [0.3, 0.4) is 0 Å². The highest BCUT2D eigenvalue weighted by molar-refractivity contribution is 5.66. The summed E-state index contributed by atoms with van der Waals surface area (Å²) >= 11 is 0. The Morgan fingerprint density at radius 1 is 1.28 bits per heavy atom. The molecule has 0 amide bonds. The molecule has 3 aromatic rings. The van der Waals surface area contributed by atoms with Crippen molar-refractivity contribution in [2.24, 2.45) is 0 Å². The van der Waals surface area contributed by atoms with Gasteiger partial charge >= 0.3 is 0 Å². The summed E-state index contributed by atoms with van der Waals surface area (Å²) < 4.78 is 12.8. The summed E-state index contributed by atoms with van der Waals surface area (Å²) in [6, 6.07) is 11.9. The van der Waals surface area contributed by atoms with Crippen molar-refractivity contribution in [3.8, 4) is 17.0 Å². The van der Waals surface area contributed by atoms with E-state index < -0.39 is 0 Å². The Morgan fingerprint density at radius 3 is 2.84 bits per heavy atom. The lowest BCUT2D eigenvalue weighted by atomic mass is 10.1. The van der Waals surface area contributed by atoms with Crippen molar-refractivity contribution in [2.45, 2.75) is 25.9 Å². The average Bonchev–Trinajstić information content (AvgIpc) is 3.29. The van der Waals surface area contributed by atoms with E-state index in [1.807, 2.05) is 47.8 Å². The molecule has 4 rings (SSSR count). The van der Waals surface area contributed by atoms with Crippen LogP contribution in [-0.2, 0) is 4.74 Å². The molecule has 0 aliphatic carbocycles. The highest BCUT2D eigenvalue weighted by atomic mass is 16.5. The number of ether oxygens (including phenoxy) is 2. The summed E-state index contributed by atoms with van der Waals surface area (Å²) in [6.45, 7) is 3.65. The third kappa shape index (κ3) is 3.30. The van der Waals surface area contributed by atoms with Crippen molar-refractivity contribution in [3.63, 3.8) is 0 Å². The van der Waals surface area contributed by atoms with Crippen molar-refractivity contribution < 1.29 is 9.47 Å². The number of nitrogens with zero attached hydrogens (tertiary/aromatic N) is 3. The minimum Gasteiger partial charge on any atom is -0.497 e. The predicted molar refractivity (Wildman–Crippen MR) is 97.2 cm³/mol. The van der Waals surface area contributed by atoms with E-state index in [0.717, 1.165) is 60.2 Å². The third-order valence-corrected chi connectivity index (χ3v) is 4.48. The Balaban J connectivity index is 1.65. The maximum Gasteiger partial charge on any atom is 0.158 e. The summed E-state index contributed by atoms with van der Waals surface area (Å²) in [7, 11) is 1.67. The van der Waals surface area contributed by atoms with Crippen LogP contribution in [0.15, 0.2) is 36.4 Å². The summed E-state index contributed by atoms with van der Waals surface area (Å²) in [5.41, 5.74) is 3.72. The van der Waals surface area contributed by atoms with Crippen molar-refractivity contribution in [2.75, 3.05) is 25.6 Å². The van der Waals surface area contributed by atoms with Crippen LogP contribution in [-0.4, -0.2) is 41.0 Å². The summed E-state index contributed by atoms with van der Waals surface area (Å²) in [5.74, 6) is 1.78. The fraction of sp³-hybridized carbons (Fsp3) is 0.368. The van der Waals surface area contributed by atoms with Gasteiger partial charge in [-0.15, -0.1) is 0 Å². The molecule has 2 aromatic heterocycles. The zero-order valence-corrected chi connectivity index (χ0v) is 14.5. The Bertz CT molecular complexity index is 867. The lowest BCUT2D eigenvalue weighted by Gasteiger charge is -2.13. The number of aryl methyl sites for hydroxylation is 1. The van der Waals surface area contributed by atoms with Crippen LogP contribution in [0.4, 0.5) is 5.82 Å². The first-order valence-corrected chi connectivity index (χ1v) is 8.60. The molecule has 0 bridgehead atoms. The molecule has 1 aliphatic heterocycles. The van der Waals surface area contributed by atoms with Gasteiger partial charge in [0, 0.05) is 36.5 Å². The van der Waals surface area contributed by atoms with E-state index in [2.05, 4.69) is 10.3 Å². The van der Waals surface area contributed by atoms with Crippen LogP contribution < -0.4 is 10.1 Å². The second-order valence-electron chi connectivity index (χ2n) is 6.33. The minimum absolute atomic E-state index is 0.278. The largest absolute Gasteiger partial charge is 0.497 e. The second kappa shape index (κ2) is 6.72. The Hall–Kier alpha value is -2.60. The molecule has 6 nitrogen and oxygen atoms in total. The van der Waals surface area contributed by atoms with Crippen molar-refractivity contribution in [1.29, 1.82) is 0 Å². The van der Waals surface area contributed by atoms with Crippen molar-refractivity contribution >= 4 is 11.5 Å². The van der Waals surface area contributed by atoms with Gasteiger partial charge in [0.2, 0.25) is 0 Å². The van der Waals surface area contributed by atoms with E-state index >= 15 is 0 Å². The molecule has 1 N–H and O–H groups in total. The van der Waals surface area contributed by atoms with E-state index in [-0.39, 0.29) is 6.10 Å². The zero-order chi connectivity index (χ0) is 17.2. The van der Waals surface area contributed by atoms with Gasteiger partial charge in [-0.05, 0) is 44.0 Å². The molecule has 3 heterocycles. The summed E-state index contributed by atoms with van der Waals surface area (Å²) in [4.78, 5) is 4.60. The number of hydrogen-bond donors (Lipinski definition) is 1. The van der Waals surface area contributed by atoms with E-state index in [9.17, 15) is 0 Å². The number of hydrogen-bond acceptors (Lipinski definition) is 5. The monoisotopic (exact) mass is 338 g/mol. The Labute approximate surface area is 146 Å². The fourth-order valence-corrected chi connectivity index (χ4v) is 3.15. The average molecular weight is 338 g/mol. The van der Waals surface area contributed by atoms with Gasteiger partial charge in [0.15, 0.2) is 5.65 Å². The molecule has 1 atom stereocenters. The molecule has 0 saturated carbocycles. The predicted octanol–water partition coefficient (Wildman–Crippen LogP) is 3.30. The molecule has 1 unspecified atom stereocenters. The maximum atomic E-state index is 5.69. The first kappa shape index (κ1) is 15.9. The van der Waals surface area contributed by atoms with E-state index in [1.54, 1.807) is 7.11 Å². The van der Waals surface area contributed by atoms with Gasteiger partial charge < -0.3 is 14.8 Å². The first-order chi connectivity index (χ1) is 12.2. The number of benzene rings is 1. The molecule has 25 heavy (non-hydrogen) atoms. The van der Waals surface area contributed by atoms with Crippen molar-refractivity contribution in [1.82, 2.24) is 14.6 Å². The highest BCUT2D eigenvalue weighted by Gasteiger charge is 2.16. The van der Waals surface area contributed by atoms with Gasteiger partial charge in [-0.2, -0.15) is 9.61 Å². The van der Waals surface area contributed by atoms with Gasteiger partial charge in [-0.1, -0.05) is 0 Å². The molecule has 1 aliphatic rings. The molecule has 0 spiro atoms. The normalized spacial score (nSPS) is 17.1. The topological polar surface area (TPSA) is 60.7 Å². The fourth-order valence-electron chi connectivity index (χ4n) is 3.15. The second-order valence-corrected chi connectivity index (χ2v) is 6.33. The van der Waals surface area contributed by atoms with Crippen LogP contribution in [0.1, 0.15) is 18.5 Å². The van der Waals surface area contributed by atoms with Crippen LogP contribution >= 0.6 is 0 Å². The van der Waals surface area contributed by atoms with E-state index in [1.165, 1.54) is 0 Å². The summed E-state index contributed by atoms with van der Waals surface area (Å²) in [6.07, 6.45) is 2.52. The summed E-state index contributed by atoms with van der Waals surface area (Å²) in [5, 5.41) is 8.20. The smallest absolute Gasteiger partial charge is 0.158 e. The number of rotatable bonds is 5. The molecular weight excluding hydrogens is 316 g/mol. The van der Waals surface area contributed by atoms with Gasteiger partial charge in [0.25, 0.3) is 0 Å². The van der Waals surface area contributed by atoms with Gasteiger partial charge in [0.1, 0.15) is 11.6 Å². The number of methoxy groups -OCH3 is 1. The Morgan fingerprint density at radius 2 is 2.12 bits per heavy atom. The maximum absolute atomic E-state index is 5.69. The SMILES string of the molecule is COc1ccc(-c2cc3nc(C)cc(NCC4CCCO4)n3n2)cc1. The molecular formula is C19H22N4O2. The lowest BCUT2D eigenvalue weighted by molar-refractivity contribution is 0.120. The van der Waals surface area contributed by atoms with E-state index in [4.69, 9.17) is 14.6 Å². The number of aromatic nitrogens is 3. The van der Waals surface area contributed by atoms with Crippen LogP contribution in [0, 0.1) is 6.92 Å². The molecule has 6 heteroatoms. The van der Waals surface area contributed by atoms with E-state index in [0.29, 0.717) is 0 Å². The van der Waals surface area contributed by atoms with Crippen molar-refractivity contribution in [3.05, 3.63) is 42.1 Å². The van der Waals surface area contributed by atoms with Gasteiger partial charge in [-0.25, -0.2) is 4.98 Å². The first-order valence-electron chi connectivity index (χ1n) is 8.60. The van der Waals surface area contributed by atoms with Crippen LogP contribution in [0.5, 0.6) is 5.75 Å². The molecule has 1 saturated heterocycles. The van der Waals surface area contributed by atoms with Crippen LogP contribution in [0.2, 0.25) is 0 Å². The minimum atomic E-state index is 0.278. The van der Waals surface area contributed by atoms with Gasteiger partial charge in [-0.3, -0.25) is 0 Å². The number of fused-ring (bicyclic) bond motifs is 1. The molecule has 130 valence electrons. The standard InChI is InChI=1S/C19H22N4O2/c1-13-10-18(20-12-16-4-3-9-25-16)23-19(21-13)11-17(22-23)14-5-7-15(24-2)8-6-14/h5-8,10-11,16,20H,3-4,9,12H2,1-2H3. The highest BCUT2D eigenvalue weighted by Crippen LogP contribution is 2.24. The third-order valence-electron chi connectivity index (χ3n) is 4.48. The number of nitrogens with one attached hydrogen (secondary N) is 1. The van der Waals surface area contributed by atoms with Crippen LogP contribution in [0.25, 0.3) is 16.9 Å². The zero-order valence-electron chi connectivity index (χ0n) is 14.5. The lowest BCUT2D eigenvalue weighted by Crippen LogP contribution is -2.20. The molecule has 0 radical (unpaired) electrons. The number of anilines is 1. The Kier molecular flexibility index (Phi) is 4.28. The molecule has 1 aromatic carbocycles.